The number of thiophene rings is 1. The van der Waals surface area contributed by atoms with Gasteiger partial charge in [0.1, 0.15) is 5.82 Å². The van der Waals surface area contributed by atoms with Gasteiger partial charge in [0.25, 0.3) is 0 Å². The average Bonchev–Trinajstić information content (AvgIpc) is 2.74. The van der Waals surface area contributed by atoms with E-state index in [0.717, 1.165) is 17.0 Å². The summed E-state index contributed by atoms with van der Waals surface area (Å²) < 4.78 is 0. The summed E-state index contributed by atoms with van der Waals surface area (Å²) in [6.45, 7) is 4.30. The quantitative estimate of drug-likeness (QED) is 0.667. The smallest absolute Gasteiger partial charge is 0.171 e. The number of rotatable bonds is 4. The molecular formula is C12H15ClN4S. The Bertz CT molecular complexity index is 539. The van der Waals surface area contributed by atoms with Crippen LogP contribution < -0.4 is 11.3 Å². The number of nitrogens with one attached hydrogen (secondary N) is 1. The molecule has 0 aromatic carbocycles. The van der Waals surface area contributed by atoms with Crippen LogP contribution in [0.25, 0.3) is 10.7 Å². The highest BCUT2D eigenvalue weighted by molar-refractivity contribution is 7.14. The summed E-state index contributed by atoms with van der Waals surface area (Å²) in [5.41, 5.74) is 3.56. The molecule has 3 N–H and O–H groups in total. The topological polar surface area (TPSA) is 63.8 Å². The summed E-state index contributed by atoms with van der Waals surface area (Å²) in [4.78, 5) is 9.84. The van der Waals surface area contributed by atoms with E-state index in [-0.39, 0.29) is 0 Å². The number of aromatic nitrogens is 2. The van der Waals surface area contributed by atoms with Gasteiger partial charge in [-0.05, 0) is 18.4 Å². The molecule has 0 bridgehead atoms. The third kappa shape index (κ3) is 3.19. The van der Waals surface area contributed by atoms with Crippen molar-refractivity contribution >= 4 is 28.8 Å². The fraction of sp³-hybridized carbons (Fsp3) is 0.333. The molecule has 0 aliphatic heterocycles. The van der Waals surface area contributed by atoms with Crippen LogP contribution in [0.5, 0.6) is 0 Å². The fourth-order valence-corrected chi connectivity index (χ4v) is 2.64. The first-order chi connectivity index (χ1) is 8.58. The molecule has 2 rings (SSSR count). The second-order valence-electron chi connectivity index (χ2n) is 4.44. The Morgan fingerprint density at radius 1 is 1.39 bits per heavy atom. The maximum Gasteiger partial charge on any atom is 0.171 e. The molecule has 2 heterocycles. The lowest BCUT2D eigenvalue weighted by Crippen LogP contribution is -2.11. The van der Waals surface area contributed by atoms with Crippen molar-refractivity contribution in [1.29, 1.82) is 0 Å². The highest BCUT2D eigenvalue weighted by Crippen LogP contribution is 2.28. The third-order valence-corrected chi connectivity index (χ3v) is 3.61. The molecule has 18 heavy (non-hydrogen) atoms. The number of nitrogen functional groups attached to an aromatic ring is 1. The minimum atomic E-state index is 0.533. The van der Waals surface area contributed by atoms with Gasteiger partial charge in [0.2, 0.25) is 0 Å². The van der Waals surface area contributed by atoms with E-state index in [9.17, 15) is 0 Å². The first-order valence-corrected chi connectivity index (χ1v) is 6.93. The van der Waals surface area contributed by atoms with Gasteiger partial charge in [0.05, 0.1) is 9.90 Å². The van der Waals surface area contributed by atoms with Crippen LogP contribution >= 0.6 is 22.9 Å². The van der Waals surface area contributed by atoms with Gasteiger partial charge in [-0.15, -0.1) is 11.3 Å². The molecule has 2 aromatic rings. The number of halogens is 1. The van der Waals surface area contributed by atoms with Gasteiger partial charge < -0.3 is 5.43 Å². The SMILES string of the molecule is CC(C)Cc1cc(NN)nc(-c2cc(Cl)cs2)n1. The summed E-state index contributed by atoms with van der Waals surface area (Å²) in [6.07, 6.45) is 0.892. The van der Waals surface area contributed by atoms with E-state index in [0.29, 0.717) is 22.6 Å². The maximum atomic E-state index is 5.92. The van der Waals surface area contributed by atoms with E-state index in [1.54, 1.807) is 0 Å². The van der Waals surface area contributed by atoms with Gasteiger partial charge in [0, 0.05) is 17.1 Å². The predicted octanol–water partition coefficient (Wildman–Crippen LogP) is 3.34. The molecular weight excluding hydrogens is 268 g/mol. The van der Waals surface area contributed by atoms with Crippen LogP contribution in [-0.4, -0.2) is 9.97 Å². The fourth-order valence-electron chi connectivity index (χ4n) is 1.63. The molecule has 0 saturated carbocycles. The summed E-state index contributed by atoms with van der Waals surface area (Å²) in [6, 6.07) is 3.74. The summed E-state index contributed by atoms with van der Waals surface area (Å²) in [5.74, 6) is 7.26. The highest BCUT2D eigenvalue weighted by atomic mass is 35.5. The normalized spacial score (nSPS) is 10.9. The monoisotopic (exact) mass is 282 g/mol. The number of hydrogen-bond donors (Lipinski definition) is 2. The summed E-state index contributed by atoms with van der Waals surface area (Å²) >= 11 is 7.45. The molecule has 96 valence electrons. The van der Waals surface area contributed by atoms with Gasteiger partial charge in [-0.3, -0.25) is 0 Å². The third-order valence-electron chi connectivity index (χ3n) is 2.33. The van der Waals surface area contributed by atoms with Crippen molar-refractivity contribution in [1.82, 2.24) is 9.97 Å². The Labute approximate surface area is 115 Å². The average molecular weight is 283 g/mol. The van der Waals surface area contributed by atoms with E-state index in [2.05, 4.69) is 29.2 Å². The van der Waals surface area contributed by atoms with E-state index in [1.165, 1.54) is 11.3 Å². The zero-order chi connectivity index (χ0) is 13.1. The predicted molar refractivity (Wildman–Crippen MR) is 76.7 cm³/mol. The lowest BCUT2D eigenvalue weighted by molar-refractivity contribution is 0.635. The van der Waals surface area contributed by atoms with Crippen LogP contribution in [0, 0.1) is 5.92 Å². The Morgan fingerprint density at radius 2 is 2.17 bits per heavy atom. The van der Waals surface area contributed by atoms with Crippen molar-refractivity contribution in [2.24, 2.45) is 11.8 Å². The molecule has 0 spiro atoms. The molecule has 0 radical (unpaired) electrons. The van der Waals surface area contributed by atoms with Gasteiger partial charge in [-0.25, -0.2) is 15.8 Å². The first kappa shape index (κ1) is 13.3. The molecule has 0 fully saturated rings. The largest absolute Gasteiger partial charge is 0.308 e. The Kier molecular flexibility index (Phi) is 4.16. The van der Waals surface area contributed by atoms with Crippen LogP contribution in [-0.2, 0) is 6.42 Å². The van der Waals surface area contributed by atoms with Crippen molar-refractivity contribution < 1.29 is 0 Å². The van der Waals surface area contributed by atoms with E-state index >= 15 is 0 Å². The van der Waals surface area contributed by atoms with Crippen molar-refractivity contribution in [2.45, 2.75) is 20.3 Å². The van der Waals surface area contributed by atoms with E-state index < -0.39 is 0 Å². The lowest BCUT2D eigenvalue weighted by atomic mass is 10.1. The molecule has 2 aromatic heterocycles. The minimum absolute atomic E-state index is 0.533. The van der Waals surface area contributed by atoms with Crippen molar-refractivity contribution in [3.05, 3.63) is 28.2 Å². The molecule has 0 aliphatic rings. The first-order valence-electron chi connectivity index (χ1n) is 5.67. The molecule has 0 amide bonds. The Hall–Kier alpha value is -1.17. The molecule has 6 heteroatoms. The molecule has 0 atom stereocenters. The second-order valence-corrected chi connectivity index (χ2v) is 5.79. The zero-order valence-corrected chi connectivity index (χ0v) is 11.8. The van der Waals surface area contributed by atoms with E-state index in [4.69, 9.17) is 17.4 Å². The maximum absolute atomic E-state index is 5.92. The molecule has 4 nitrogen and oxygen atoms in total. The van der Waals surface area contributed by atoms with Crippen LogP contribution in [0.2, 0.25) is 5.02 Å². The molecule has 0 saturated heterocycles. The number of anilines is 1. The second kappa shape index (κ2) is 5.65. The van der Waals surface area contributed by atoms with Crippen molar-refractivity contribution in [3.63, 3.8) is 0 Å². The van der Waals surface area contributed by atoms with E-state index in [1.807, 2.05) is 17.5 Å². The van der Waals surface area contributed by atoms with Gasteiger partial charge >= 0.3 is 0 Å². The van der Waals surface area contributed by atoms with Crippen LogP contribution in [0.3, 0.4) is 0 Å². The lowest BCUT2D eigenvalue weighted by Gasteiger charge is -2.08. The van der Waals surface area contributed by atoms with Crippen molar-refractivity contribution in [2.75, 3.05) is 5.43 Å². The van der Waals surface area contributed by atoms with Crippen LogP contribution in [0.4, 0.5) is 5.82 Å². The van der Waals surface area contributed by atoms with Gasteiger partial charge in [-0.2, -0.15) is 0 Å². The zero-order valence-electron chi connectivity index (χ0n) is 10.3. The van der Waals surface area contributed by atoms with Crippen LogP contribution in [0.15, 0.2) is 17.5 Å². The van der Waals surface area contributed by atoms with Crippen molar-refractivity contribution in [3.8, 4) is 10.7 Å². The van der Waals surface area contributed by atoms with Crippen LogP contribution in [0.1, 0.15) is 19.5 Å². The highest BCUT2D eigenvalue weighted by Gasteiger charge is 2.09. The molecule has 0 unspecified atom stereocenters. The number of nitrogens with two attached hydrogens (primary N) is 1. The minimum Gasteiger partial charge on any atom is -0.308 e. The standard InChI is InChI=1S/C12H15ClN4S/c1-7(2)3-9-5-11(17-14)16-12(15-9)10-4-8(13)6-18-10/h4-7H,3,14H2,1-2H3,(H,15,16,17). The summed E-state index contributed by atoms with van der Waals surface area (Å²) in [5, 5.41) is 2.57. The molecule has 0 aliphatic carbocycles. The number of nitrogens with zero attached hydrogens (tertiary/aromatic N) is 2. The Balaban J connectivity index is 2.40. The number of hydrogen-bond acceptors (Lipinski definition) is 5. The summed E-state index contributed by atoms with van der Waals surface area (Å²) in [7, 11) is 0. The Morgan fingerprint density at radius 3 is 2.72 bits per heavy atom. The number of hydrazine groups is 1. The van der Waals surface area contributed by atoms with Gasteiger partial charge in [0.15, 0.2) is 5.82 Å². The van der Waals surface area contributed by atoms with Gasteiger partial charge in [-0.1, -0.05) is 25.4 Å².